The van der Waals surface area contributed by atoms with Gasteiger partial charge in [-0.3, -0.25) is 9.59 Å². The summed E-state index contributed by atoms with van der Waals surface area (Å²) in [5.41, 5.74) is 0. The first-order valence-electron chi connectivity index (χ1n) is 29.2. The number of hydrogen-bond donors (Lipinski definition) is 3. The Morgan fingerprint density at radius 1 is 0.439 bits per heavy atom. The van der Waals surface area contributed by atoms with Gasteiger partial charge in [-0.2, -0.15) is 0 Å². The molecule has 0 saturated heterocycles. The summed E-state index contributed by atoms with van der Waals surface area (Å²) in [6.45, 7) is 6.50. The number of aliphatic hydroxyl groups excluding tert-OH is 2. The number of unbranched alkanes of at least 4 members (excludes halogenated alkanes) is 36. The first kappa shape index (κ1) is 64.1. The standard InChI is InChI=1S/C60H113NO5/c1-4-7-10-13-16-19-22-25-28-31-33-36-39-42-45-48-51-56(66-60(65)53-50-47-44-41-38-35-32-29-26-23-20-17-14-11-8-5-2)54-59(64)61-57(55-62)58(63)52-49-46-43-40-37-34-30-27-24-21-18-15-12-9-6-3/h29,32-33,35-36,38,56-58,62-63H,4-28,30-31,34,37,39-55H2,1-3H3,(H,61,64)/b32-29+,36-33+,38-35+. The highest BCUT2D eigenvalue weighted by Crippen LogP contribution is 2.18. The van der Waals surface area contributed by atoms with Crippen LogP contribution in [0.4, 0.5) is 0 Å². The van der Waals surface area contributed by atoms with Crippen molar-refractivity contribution in [3.63, 3.8) is 0 Å². The lowest BCUT2D eigenvalue weighted by Gasteiger charge is -2.24. The van der Waals surface area contributed by atoms with Gasteiger partial charge in [0.05, 0.1) is 25.2 Å². The molecule has 0 aliphatic carbocycles. The Morgan fingerprint density at radius 2 is 0.773 bits per heavy atom. The second kappa shape index (κ2) is 54.0. The smallest absolute Gasteiger partial charge is 0.306 e. The van der Waals surface area contributed by atoms with Crippen molar-refractivity contribution in [3.05, 3.63) is 36.5 Å². The molecule has 1 amide bonds. The van der Waals surface area contributed by atoms with Crippen LogP contribution in [0.15, 0.2) is 36.5 Å². The Labute approximate surface area is 411 Å². The second-order valence-electron chi connectivity index (χ2n) is 20.1. The summed E-state index contributed by atoms with van der Waals surface area (Å²) in [6.07, 6.45) is 65.0. The normalized spacial score (nSPS) is 13.3. The number of carbonyl (C=O) groups is 2. The van der Waals surface area contributed by atoms with Crippen molar-refractivity contribution in [2.45, 2.75) is 328 Å². The number of aliphatic hydroxyl groups is 2. The molecule has 6 heteroatoms. The topological polar surface area (TPSA) is 95.9 Å². The predicted octanol–water partition coefficient (Wildman–Crippen LogP) is 18.0. The molecule has 0 aliphatic rings. The van der Waals surface area contributed by atoms with Gasteiger partial charge < -0.3 is 20.3 Å². The Hall–Kier alpha value is -1.92. The van der Waals surface area contributed by atoms with Crippen molar-refractivity contribution in [3.8, 4) is 0 Å². The van der Waals surface area contributed by atoms with Crippen LogP contribution in [0.2, 0.25) is 0 Å². The zero-order valence-electron chi connectivity index (χ0n) is 44.3. The molecule has 3 N–H and O–H groups in total. The molecule has 0 aromatic rings. The van der Waals surface area contributed by atoms with Crippen molar-refractivity contribution < 1.29 is 24.5 Å². The number of carbonyl (C=O) groups excluding carboxylic acids is 2. The summed E-state index contributed by atoms with van der Waals surface area (Å²) in [5, 5.41) is 23.9. The zero-order chi connectivity index (χ0) is 48.1. The summed E-state index contributed by atoms with van der Waals surface area (Å²) in [5.74, 6) is -0.506. The van der Waals surface area contributed by atoms with Crippen molar-refractivity contribution in [2.75, 3.05) is 6.61 Å². The molecule has 0 heterocycles. The van der Waals surface area contributed by atoms with Crippen LogP contribution in [0.1, 0.15) is 310 Å². The summed E-state index contributed by atoms with van der Waals surface area (Å²) in [6, 6.07) is -0.711. The minimum atomic E-state index is -0.795. The van der Waals surface area contributed by atoms with Crippen LogP contribution in [0.5, 0.6) is 0 Å². The number of esters is 1. The molecule has 0 aromatic heterocycles. The molecule has 3 unspecified atom stereocenters. The van der Waals surface area contributed by atoms with Crippen LogP contribution in [0.25, 0.3) is 0 Å². The Kier molecular flexibility index (Phi) is 52.5. The van der Waals surface area contributed by atoms with Crippen LogP contribution < -0.4 is 5.32 Å². The van der Waals surface area contributed by atoms with Gasteiger partial charge in [0.25, 0.3) is 0 Å². The van der Waals surface area contributed by atoms with E-state index in [1.165, 1.54) is 186 Å². The number of rotatable bonds is 53. The number of allylic oxidation sites excluding steroid dienone is 6. The number of nitrogens with one attached hydrogen (secondary N) is 1. The van der Waals surface area contributed by atoms with Crippen LogP contribution in [-0.2, 0) is 14.3 Å². The Bertz CT molecular complexity index is 1090. The van der Waals surface area contributed by atoms with Gasteiger partial charge in [-0.15, -0.1) is 0 Å². The van der Waals surface area contributed by atoms with Crippen molar-refractivity contribution in [1.82, 2.24) is 5.32 Å². The number of ether oxygens (including phenoxy) is 1. The molecule has 66 heavy (non-hydrogen) atoms. The van der Waals surface area contributed by atoms with Crippen LogP contribution >= 0.6 is 0 Å². The molecule has 0 spiro atoms. The highest BCUT2D eigenvalue weighted by atomic mass is 16.5. The fraction of sp³-hybridized carbons (Fsp3) is 0.867. The first-order valence-corrected chi connectivity index (χ1v) is 29.2. The summed E-state index contributed by atoms with van der Waals surface area (Å²) in [4.78, 5) is 26.3. The highest BCUT2D eigenvalue weighted by molar-refractivity contribution is 5.77. The third-order valence-corrected chi connectivity index (χ3v) is 13.5. The maximum atomic E-state index is 13.3. The van der Waals surface area contributed by atoms with Gasteiger partial charge in [-0.05, 0) is 77.0 Å². The average Bonchev–Trinajstić information content (AvgIpc) is 3.31. The molecular weight excluding hydrogens is 815 g/mol. The molecule has 0 saturated carbocycles. The lowest BCUT2D eigenvalue weighted by molar-refractivity contribution is -0.151. The molecular formula is C60H113NO5. The van der Waals surface area contributed by atoms with Gasteiger partial charge in [0, 0.05) is 6.42 Å². The second-order valence-corrected chi connectivity index (χ2v) is 20.1. The van der Waals surface area contributed by atoms with E-state index in [9.17, 15) is 19.8 Å². The van der Waals surface area contributed by atoms with Gasteiger partial charge in [0.15, 0.2) is 0 Å². The Morgan fingerprint density at radius 3 is 1.18 bits per heavy atom. The summed E-state index contributed by atoms with van der Waals surface area (Å²) in [7, 11) is 0. The maximum Gasteiger partial charge on any atom is 0.306 e. The van der Waals surface area contributed by atoms with Crippen molar-refractivity contribution >= 4 is 11.9 Å². The number of hydrogen-bond acceptors (Lipinski definition) is 5. The summed E-state index contributed by atoms with van der Waals surface area (Å²) >= 11 is 0. The molecule has 0 aromatic carbocycles. The minimum Gasteiger partial charge on any atom is -0.462 e. The van der Waals surface area contributed by atoms with Crippen LogP contribution in [0.3, 0.4) is 0 Å². The van der Waals surface area contributed by atoms with E-state index in [0.717, 1.165) is 77.0 Å². The fourth-order valence-electron chi connectivity index (χ4n) is 9.01. The van der Waals surface area contributed by atoms with Crippen molar-refractivity contribution in [1.29, 1.82) is 0 Å². The van der Waals surface area contributed by atoms with E-state index < -0.39 is 18.2 Å². The first-order chi connectivity index (χ1) is 32.5. The van der Waals surface area contributed by atoms with E-state index in [2.05, 4.69) is 62.5 Å². The monoisotopic (exact) mass is 928 g/mol. The lowest BCUT2D eigenvalue weighted by atomic mass is 10.0. The van der Waals surface area contributed by atoms with E-state index >= 15 is 0 Å². The van der Waals surface area contributed by atoms with E-state index in [-0.39, 0.29) is 24.9 Å². The van der Waals surface area contributed by atoms with Gasteiger partial charge in [0.2, 0.25) is 5.91 Å². The van der Waals surface area contributed by atoms with Crippen molar-refractivity contribution in [2.24, 2.45) is 0 Å². The van der Waals surface area contributed by atoms with E-state index in [0.29, 0.717) is 19.3 Å². The fourth-order valence-corrected chi connectivity index (χ4v) is 9.01. The van der Waals surface area contributed by atoms with Gasteiger partial charge in [0.1, 0.15) is 6.10 Å². The predicted molar refractivity (Wildman–Crippen MR) is 287 cm³/mol. The van der Waals surface area contributed by atoms with Gasteiger partial charge >= 0.3 is 5.97 Å². The van der Waals surface area contributed by atoms with Crippen LogP contribution in [0, 0.1) is 0 Å². The molecule has 6 nitrogen and oxygen atoms in total. The highest BCUT2D eigenvalue weighted by Gasteiger charge is 2.24. The molecule has 0 bridgehead atoms. The van der Waals surface area contributed by atoms with Gasteiger partial charge in [-0.25, -0.2) is 0 Å². The van der Waals surface area contributed by atoms with Gasteiger partial charge in [-0.1, -0.05) is 256 Å². The Balaban J connectivity index is 4.60. The van der Waals surface area contributed by atoms with E-state index in [1.807, 2.05) is 0 Å². The van der Waals surface area contributed by atoms with E-state index in [4.69, 9.17) is 4.74 Å². The average molecular weight is 929 g/mol. The molecule has 0 rings (SSSR count). The molecule has 0 radical (unpaired) electrons. The minimum absolute atomic E-state index is 0.0594. The molecule has 3 atom stereocenters. The third kappa shape index (κ3) is 48.5. The largest absolute Gasteiger partial charge is 0.462 e. The zero-order valence-corrected chi connectivity index (χ0v) is 44.3. The number of amides is 1. The SMILES string of the molecule is CCCCCCCCC/C=C/C=C/CCCCCC(=O)OC(CCCCC/C=C/CCCCCCCCCCC)CC(=O)NC(CO)C(O)CCCCCCCCCCCCCCCCC. The lowest BCUT2D eigenvalue weighted by Crippen LogP contribution is -2.46. The van der Waals surface area contributed by atoms with Crippen LogP contribution in [-0.4, -0.2) is 46.9 Å². The van der Waals surface area contributed by atoms with E-state index in [1.54, 1.807) is 0 Å². The molecule has 388 valence electrons. The molecule has 0 aliphatic heterocycles. The maximum absolute atomic E-state index is 13.3. The summed E-state index contributed by atoms with van der Waals surface area (Å²) < 4.78 is 5.94. The molecule has 0 fully saturated rings. The third-order valence-electron chi connectivity index (χ3n) is 13.5. The quantitative estimate of drug-likeness (QED) is 0.0244.